The second-order valence-electron chi connectivity index (χ2n) is 4.15. The molecule has 1 unspecified atom stereocenters. The molecule has 0 bridgehead atoms. The molecule has 4 nitrogen and oxygen atoms in total. The Balaban J connectivity index is 2.88. The van der Waals surface area contributed by atoms with Crippen molar-refractivity contribution in [1.29, 1.82) is 5.26 Å². The first-order valence-corrected chi connectivity index (χ1v) is 5.57. The lowest BCUT2D eigenvalue weighted by molar-refractivity contribution is -0.143. The summed E-state index contributed by atoms with van der Waals surface area (Å²) in [5.74, 6) is -1.93. The summed E-state index contributed by atoms with van der Waals surface area (Å²) >= 11 is 0. The fourth-order valence-electron chi connectivity index (χ4n) is 1.75. The largest absolute Gasteiger partial charge is 0.468 e. The lowest BCUT2D eigenvalue weighted by atomic mass is 9.95. The molecule has 0 aliphatic rings. The van der Waals surface area contributed by atoms with Gasteiger partial charge >= 0.3 is 5.97 Å². The van der Waals surface area contributed by atoms with Gasteiger partial charge in [0, 0.05) is 12.0 Å². The molecular formula is C14H15NO3. The lowest BCUT2D eigenvalue weighted by Crippen LogP contribution is -2.18. The van der Waals surface area contributed by atoms with Crippen molar-refractivity contribution >= 4 is 11.8 Å². The number of hydrogen-bond acceptors (Lipinski definition) is 4. The third-order valence-electron chi connectivity index (χ3n) is 2.71. The molecule has 0 saturated heterocycles. The van der Waals surface area contributed by atoms with Crippen LogP contribution < -0.4 is 0 Å². The number of carbonyl (C=O) groups excluding carboxylic acids is 2. The van der Waals surface area contributed by atoms with E-state index in [1.54, 1.807) is 12.1 Å². The van der Waals surface area contributed by atoms with Crippen molar-refractivity contribution in [3.8, 4) is 6.07 Å². The van der Waals surface area contributed by atoms with Crippen LogP contribution in [0.15, 0.2) is 18.2 Å². The van der Waals surface area contributed by atoms with E-state index in [1.165, 1.54) is 7.11 Å². The Morgan fingerprint density at radius 3 is 2.56 bits per heavy atom. The van der Waals surface area contributed by atoms with E-state index in [1.807, 2.05) is 26.0 Å². The minimum Gasteiger partial charge on any atom is -0.468 e. The van der Waals surface area contributed by atoms with Crippen LogP contribution in [0.2, 0.25) is 0 Å². The Labute approximate surface area is 106 Å². The average molecular weight is 245 g/mol. The highest BCUT2D eigenvalue weighted by Gasteiger charge is 2.23. The normalized spacial score (nSPS) is 11.4. The Hall–Kier alpha value is -2.15. The number of hydrogen-bond donors (Lipinski definition) is 0. The van der Waals surface area contributed by atoms with Gasteiger partial charge in [-0.05, 0) is 19.4 Å². The van der Waals surface area contributed by atoms with E-state index in [4.69, 9.17) is 5.26 Å². The van der Waals surface area contributed by atoms with Crippen molar-refractivity contribution in [2.45, 2.75) is 20.3 Å². The first-order valence-electron chi connectivity index (χ1n) is 5.57. The van der Waals surface area contributed by atoms with E-state index in [0.29, 0.717) is 5.56 Å². The average Bonchev–Trinajstić information content (AvgIpc) is 2.34. The van der Waals surface area contributed by atoms with Crippen LogP contribution in [0.25, 0.3) is 0 Å². The maximum Gasteiger partial charge on any atom is 0.323 e. The second-order valence-corrected chi connectivity index (χ2v) is 4.15. The molecule has 0 amide bonds. The highest BCUT2D eigenvalue weighted by molar-refractivity contribution is 5.99. The summed E-state index contributed by atoms with van der Waals surface area (Å²) in [5, 5.41) is 8.83. The van der Waals surface area contributed by atoms with Gasteiger partial charge in [-0.25, -0.2) is 0 Å². The summed E-state index contributed by atoms with van der Waals surface area (Å²) < 4.78 is 4.48. The zero-order valence-electron chi connectivity index (χ0n) is 10.7. The van der Waals surface area contributed by atoms with Gasteiger partial charge in [0.2, 0.25) is 0 Å². The van der Waals surface area contributed by atoms with Gasteiger partial charge in [0.05, 0.1) is 13.2 Å². The van der Waals surface area contributed by atoms with E-state index in [9.17, 15) is 9.59 Å². The quantitative estimate of drug-likeness (QED) is 0.602. The number of carbonyl (C=O) groups is 2. The van der Waals surface area contributed by atoms with E-state index in [2.05, 4.69) is 4.74 Å². The topological polar surface area (TPSA) is 67.2 Å². The molecule has 0 radical (unpaired) electrons. The predicted octanol–water partition coefficient (Wildman–Crippen LogP) is 2.19. The highest BCUT2D eigenvalue weighted by atomic mass is 16.5. The van der Waals surface area contributed by atoms with Crippen molar-refractivity contribution < 1.29 is 14.3 Å². The van der Waals surface area contributed by atoms with Crippen LogP contribution >= 0.6 is 0 Å². The van der Waals surface area contributed by atoms with Gasteiger partial charge in [-0.2, -0.15) is 5.26 Å². The molecule has 0 aliphatic heterocycles. The van der Waals surface area contributed by atoms with E-state index in [0.717, 1.165) is 11.1 Å². The summed E-state index contributed by atoms with van der Waals surface area (Å²) in [6, 6.07) is 7.24. The van der Waals surface area contributed by atoms with Crippen LogP contribution in [0.5, 0.6) is 0 Å². The minimum absolute atomic E-state index is 0.146. The number of nitriles is 1. The first-order chi connectivity index (χ1) is 8.49. The zero-order valence-corrected chi connectivity index (χ0v) is 10.7. The molecule has 1 atom stereocenters. The number of esters is 1. The van der Waals surface area contributed by atoms with Crippen LogP contribution in [0.1, 0.15) is 27.9 Å². The van der Waals surface area contributed by atoms with Crippen LogP contribution in [0, 0.1) is 31.1 Å². The number of ether oxygens (including phenoxy) is 1. The number of aryl methyl sites for hydroxylation is 2. The lowest BCUT2D eigenvalue weighted by Gasteiger charge is -2.08. The fraction of sp³-hybridized carbons (Fsp3) is 0.357. The second kappa shape index (κ2) is 5.97. The smallest absolute Gasteiger partial charge is 0.323 e. The van der Waals surface area contributed by atoms with E-state index >= 15 is 0 Å². The van der Waals surface area contributed by atoms with Gasteiger partial charge in [-0.3, -0.25) is 9.59 Å². The molecule has 0 fully saturated rings. The molecule has 0 aliphatic carbocycles. The number of rotatable bonds is 4. The molecule has 18 heavy (non-hydrogen) atoms. The molecular weight excluding hydrogens is 230 g/mol. The van der Waals surface area contributed by atoms with Crippen molar-refractivity contribution in [1.82, 2.24) is 0 Å². The van der Waals surface area contributed by atoms with Gasteiger partial charge < -0.3 is 4.74 Å². The van der Waals surface area contributed by atoms with Gasteiger partial charge in [0.1, 0.15) is 0 Å². The first kappa shape index (κ1) is 13.9. The Bertz CT molecular complexity index is 514. The summed E-state index contributed by atoms with van der Waals surface area (Å²) in [7, 11) is 1.20. The van der Waals surface area contributed by atoms with Gasteiger partial charge in [-0.1, -0.05) is 23.8 Å². The molecule has 0 N–H and O–H groups in total. The number of benzene rings is 1. The zero-order chi connectivity index (χ0) is 13.7. The third-order valence-corrected chi connectivity index (χ3v) is 2.71. The van der Waals surface area contributed by atoms with Crippen LogP contribution in [0.3, 0.4) is 0 Å². The van der Waals surface area contributed by atoms with Gasteiger partial charge in [0.25, 0.3) is 0 Å². The summed E-state index contributed by atoms with van der Waals surface area (Å²) in [5.41, 5.74) is 2.46. The van der Waals surface area contributed by atoms with Crippen LogP contribution in [-0.2, 0) is 9.53 Å². The Morgan fingerprint density at radius 2 is 2.06 bits per heavy atom. The predicted molar refractivity (Wildman–Crippen MR) is 66.0 cm³/mol. The van der Waals surface area contributed by atoms with Crippen molar-refractivity contribution in [3.63, 3.8) is 0 Å². The summed E-state index contributed by atoms with van der Waals surface area (Å²) in [6.45, 7) is 3.77. The molecule has 1 aromatic carbocycles. The van der Waals surface area contributed by atoms with Crippen molar-refractivity contribution in [3.05, 3.63) is 34.9 Å². The maximum absolute atomic E-state index is 12.0. The maximum atomic E-state index is 12.0. The molecule has 1 rings (SSSR count). The van der Waals surface area contributed by atoms with E-state index < -0.39 is 11.9 Å². The standard InChI is InChI=1S/C14H15NO3/c1-9-4-5-12(10(2)6-9)13(16)7-11(8-15)14(17)18-3/h4-6,11H,7H2,1-3H3. The monoisotopic (exact) mass is 245 g/mol. The summed E-state index contributed by atoms with van der Waals surface area (Å²) in [6.07, 6.45) is -0.146. The fourth-order valence-corrected chi connectivity index (χ4v) is 1.75. The number of ketones is 1. The van der Waals surface area contributed by atoms with Gasteiger partial charge in [0.15, 0.2) is 11.7 Å². The van der Waals surface area contributed by atoms with Crippen molar-refractivity contribution in [2.24, 2.45) is 5.92 Å². The SMILES string of the molecule is COC(=O)C(C#N)CC(=O)c1ccc(C)cc1C. The Kier molecular flexibility index (Phi) is 4.61. The molecule has 4 heteroatoms. The van der Waals surface area contributed by atoms with Crippen LogP contribution in [0.4, 0.5) is 0 Å². The molecule has 0 spiro atoms. The minimum atomic E-state index is -1.04. The number of methoxy groups -OCH3 is 1. The molecule has 94 valence electrons. The number of Topliss-reactive ketones (excluding diaryl/α,β-unsaturated/α-hetero) is 1. The highest BCUT2D eigenvalue weighted by Crippen LogP contribution is 2.16. The van der Waals surface area contributed by atoms with Gasteiger partial charge in [-0.15, -0.1) is 0 Å². The molecule has 0 heterocycles. The molecule has 0 aromatic heterocycles. The third kappa shape index (κ3) is 3.17. The number of nitrogens with zero attached hydrogens (tertiary/aromatic N) is 1. The summed E-state index contributed by atoms with van der Waals surface area (Å²) in [4.78, 5) is 23.3. The van der Waals surface area contributed by atoms with Crippen molar-refractivity contribution in [2.75, 3.05) is 7.11 Å². The molecule has 1 aromatic rings. The van der Waals surface area contributed by atoms with Crippen LogP contribution in [-0.4, -0.2) is 18.9 Å². The molecule has 0 saturated carbocycles. The van der Waals surface area contributed by atoms with E-state index in [-0.39, 0.29) is 12.2 Å². The Morgan fingerprint density at radius 1 is 1.39 bits per heavy atom.